The molecule has 0 saturated carbocycles. The van der Waals surface area contributed by atoms with Crippen molar-refractivity contribution in [3.05, 3.63) is 36.2 Å². The summed E-state index contributed by atoms with van der Waals surface area (Å²) in [5, 5.41) is 0. The van der Waals surface area contributed by atoms with Crippen LogP contribution in [0.2, 0.25) is 0 Å². The van der Waals surface area contributed by atoms with Crippen LogP contribution in [0.1, 0.15) is 43.2 Å². The summed E-state index contributed by atoms with van der Waals surface area (Å²) < 4.78 is 80.9. The molecular weight excluding hydrogens is 310 g/mol. The number of ether oxygens (including phenoxy) is 1. The summed E-state index contributed by atoms with van der Waals surface area (Å²) in [6, 6.07) is 1.26. The van der Waals surface area contributed by atoms with E-state index >= 15 is 0 Å². The Kier molecular flexibility index (Phi) is 6.56. The fourth-order valence-corrected chi connectivity index (χ4v) is 1.83. The topological polar surface area (TPSA) is 9.23 Å². The van der Waals surface area contributed by atoms with Crippen LogP contribution in [0.15, 0.2) is 18.2 Å². The molecule has 0 aliphatic heterocycles. The summed E-state index contributed by atoms with van der Waals surface area (Å²) in [7, 11) is 0. The van der Waals surface area contributed by atoms with Crippen LogP contribution in [0.4, 0.5) is 26.3 Å². The van der Waals surface area contributed by atoms with Crippen LogP contribution in [0.5, 0.6) is 5.75 Å². The number of hydrogen-bond donors (Lipinski definition) is 0. The number of benzene rings is 1. The van der Waals surface area contributed by atoms with Gasteiger partial charge in [-0.2, -0.15) is 26.3 Å². The minimum absolute atomic E-state index is 0.0791. The molecule has 0 heterocycles. The average Bonchev–Trinajstić information content (AvgIpc) is 2.40. The van der Waals surface area contributed by atoms with Gasteiger partial charge in [0.05, 0.1) is 17.7 Å². The van der Waals surface area contributed by atoms with Gasteiger partial charge in [-0.05, 0) is 24.6 Å². The highest BCUT2D eigenvalue weighted by molar-refractivity contribution is 5.37. The summed E-state index contributed by atoms with van der Waals surface area (Å²) >= 11 is 0. The maximum atomic E-state index is 12.6. The normalized spacial score (nSPS) is 12.5. The van der Waals surface area contributed by atoms with Gasteiger partial charge in [0.2, 0.25) is 0 Å². The third kappa shape index (κ3) is 6.15. The molecule has 1 radical (unpaired) electrons. The number of alkyl halides is 6. The number of rotatable bonds is 7. The van der Waals surface area contributed by atoms with E-state index in [1.807, 2.05) is 0 Å². The van der Waals surface area contributed by atoms with E-state index in [1.165, 1.54) is 0 Å². The van der Waals surface area contributed by atoms with Crippen molar-refractivity contribution in [2.45, 2.75) is 44.5 Å². The standard InChI is InChI=1S/C15H17F6O/c1-2-3-4-5-6-7-22-13-9-11(14(16,17)18)8-12(10-13)15(19,20)21/h8-10H,1-7H2. The molecule has 7 heteroatoms. The zero-order valence-electron chi connectivity index (χ0n) is 11.9. The van der Waals surface area contributed by atoms with Crippen molar-refractivity contribution < 1.29 is 31.1 Å². The first-order valence-electron chi connectivity index (χ1n) is 6.86. The van der Waals surface area contributed by atoms with Crippen molar-refractivity contribution in [1.29, 1.82) is 0 Å². The summed E-state index contributed by atoms with van der Waals surface area (Å²) in [5.41, 5.74) is -2.73. The quantitative estimate of drug-likeness (QED) is 0.448. The first kappa shape index (κ1) is 18.6. The molecule has 125 valence electrons. The molecule has 0 spiro atoms. The predicted octanol–water partition coefficient (Wildman–Crippen LogP) is 5.89. The molecule has 0 aromatic heterocycles. The highest BCUT2D eigenvalue weighted by Gasteiger charge is 2.37. The van der Waals surface area contributed by atoms with Gasteiger partial charge in [-0.25, -0.2) is 0 Å². The molecule has 1 aromatic carbocycles. The van der Waals surface area contributed by atoms with Crippen molar-refractivity contribution in [2.75, 3.05) is 6.61 Å². The van der Waals surface area contributed by atoms with E-state index in [1.54, 1.807) is 0 Å². The maximum absolute atomic E-state index is 12.6. The Balaban J connectivity index is 2.77. The second-order valence-electron chi connectivity index (χ2n) is 4.86. The van der Waals surface area contributed by atoms with E-state index in [0.717, 1.165) is 25.7 Å². The van der Waals surface area contributed by atoms with Crippen molar-refractivity contribution in [2.24, 2.45) is 0 Å². The first-order chi connectivity index (χ1) is 10.1. The summed E-state index contributed by atoms with van der Waals surface area (Å²) in [5.74, 6) is -0.417. The molecule has 0 amide bonds. The lowest BCUT2D eigenvalue weighted by atomic mass is 10.1. The smallest absolute Gasteiger partial charge is 0.416 e. The molecule has 0 atom stereocenters. The molecule has 0 N–H and O–H groups in total. The van der Waals surface area contributed by atoms with Crippen molar-refractivity contribution in [1.82, 2.24) is 0 Å². The zero-order valence-corrected chi connectivity index (χ0v) is 11.9. The Bertz CT molecular complexity index is 432. The number of unbranched alkanes of at least 4 members (excludes halogenated alkanes) is 4. The fourth-order valence-electron chi connectivity index (χ4n) is 1.83. The van der Waals surface area contributed by atoms with Crippen LogP contribution in [-0.4, -0.2) is 6.61 Å². The maximum Gasteiger partial charge on any atom is 0.416 e. The molecular formula is C15H17F6O. The van der Waals surface area contributed by atoms with Gasteiger partial charge in [-0.15, -0.1) is 0 Å². The van der Waals surface area contributed by atoms with Gasteiger partial charge in [-0.1, -0.05) is 32.6 Å². The van der Waals surface area contributed by atoms with E-state index < -0.39 is 29.2 Å². The van der Waals surface area contributed by atoms with Crippen LogP contribution in [0, 0.1) is 6.92 Å². The van der Waals surface area contributed by atoms with Gasteiger partial charge in [0.15, 0.2) is 0 Å². The monoisotopic (exact) mass is 327 g/mol. The predicted molar refractivity (Wildman–Crippen MR) is 70.4 cm³/mol. The molecule has 1 nitrogen and oxygen atoms in total. The Hall–Kier alpha value is -1.40. The lowest BCUT2D eigenvalue weighted by Gasteiger charge is -2.14. The molecule has 0 unspecified atom stereocenters. The Morgan fingerprint density at radius 3 is 1.73 bits per heavy atom. The fraction of sp³-hybridized carbons (Fsp3) is 0.533. The van der Waals surface area contributed by atoms with Gasteiger partial charge < -0.3 is 4.74 Å². The molecule has 0 saturated heterocycles. The van der Waals surface area contributed by atoms with Crippen LogP contribution in [-0.2, 0) is 12.4 Å². The van der Waals surface area contributed by atoms with Gasteiger partial charge in [-0.3, -0.25) is 0 Å². The molecule has 0 bridgehead atoms. The lowest BCUT2D eigenvalue weighted by molar-refractivity contribution is -0.143. The lowest BCUT2D eigenvalue weighted by Crippen LogP contribution is -2.11. The van der Waals surface area contributed by atoms with Crippen LogP contribution in [0.25, 0.3) is 0 Å². The Morgan fingerprint density at radius 2 is 1.27 bits per heavy atom. The third-order valence-corrected chi connectivity index (χ3v) is 2.97. The molecule has 1 rings (SSSR count). The second kappa shape index (κ2) is 7.74. The Morgan fingerprint density at radius 1 is 0.773 bits per heavy atom. The minimum Gasteiger partial charge on any atom is -0.494 e. The van der Waals surface area contributed by atoms with E-state index in [-0.39, 0.29) is 12.7 Å². The van der Waals surface area contributed by atoms with E-state index in [9.17, 15) is 26.3 Å². The van der Waals surface area contributed by atoms with Crippen LogP contribution >= 0.6 is 0 Å². The largest absolute Gasteiger partial charge is 0.494 e. The summed E-state index contributed by atoms with van der Waals surface area (Å²) in [6.45, 7) is 3.75. The van der Waals surface area contributed by atoms with E-state index in [4.69, 9.17) is 4.74 Å². The summed E-state index contributed by atoms with van der Waals surface area (Å²) in [6.07, 6.45) is -5.71. The highest BCUT2D eigenvalue weighted by atomic mass is 19.4. The second-order valence-corrected chi connectivity index (χ2v) is 4.86. The summed E-state index contributed by atoms with van der Waals surface area (Å²) in [4.78, 5) is 0. The van der Waals surface area contributed by atoms with Gasteiger partial charge in [0.25, 0.3) is 0 Å². The SMILES string of the molecule is [CH2]CCCCCCOc1cc(C(F)(F)F)cc(C(F)(F)F)c1. The minimum atomic E-state index is -4.85. The number of halogens is 6. The van der Waals surface area contributed by atoms with Crippen LogP contribution in [0.3, 0.4) is 0 Å². The molecule has 0 aliphatic carbocycles. The Labute approximate surface area is 125 Å². The molecule has 22 heavy (non-hydrogen) atoms. The zero-order chi connectivity index (χ0) is 16.8. The van der Waals surface area contributed by atoms with Crippen molar-refractivity contribution in [3.63, 3.8) is 0 Å². The number of hydrogen-bond acceptors (Lipinski definition) is 1. The molecule has 0 aliphatic rings. The molecule has 0 fully saturated rings. The average molecular weight is 327 g/mol. The first-order valence-corrected chi connectivity index (χ1v) is 6.86. The van der Waals surface area contributed by atoms with Crippen molar-refractivity contribution in [3.8, 4) is 5.75 Å². The van der Waals surface area contributed by atoms with Gasteiger partial charge >= 0.3 is 12.4 Å². The van der Waals surface area contributed by atoms with E-state index in [0.29, 0.717) is 18.6 Å². The van der Waals surface area contributed by atoms with Gasteiger partial charge in [0.1, 0.15) is 5.75 Å². The molecule has 1 aromatic rings. The van der Waals surface area contributed by atoms with Gasteiger partial charge in [0, 0.05) is 0 Å². The van der Waals surface area contributed by atoms with Crippen molar-refractivity contribution >= 4 is 0 Å². The van der Waals surface area contributed by atoms with Crippen LogP contribution < -0.4 is 4.74 Å². The third-order valence-electron chi connectivity index (χ3n) is 2.97. The highest BCUT2D eigenvalue weighted by Crippen LogP contribution is 2.38. The van der Waals surface area contributed by atoms with E-state index in [2.05, 4.69) is 6.92 Å².